The zero-order valence-electron chi connectivity index (χ0n) is 15.6. The topological polar surface area (TPSA) is 3.24 Å². The maximum Gasteiger partial charge on any atom is 0.0814 e. The van der Waals surface area contributed by atoms with E-state index >= 15 is 0 Å². The number of hydrogen-bond donors (Lipinski definition) is 0. The average Bonchev–Trinajstić information content (AvgIpc) is 2.81. The second-order valence-electron chi connectivity index (χ2n) is 8.38. The lowest BCUT2D eigenvalue weighted by Crippen LogP contribution is -2.33. The molecule has 0 N–H and O–H groups in total. The first-order valence-electron chi connectivity index (χ1n) is 10.6. The summed E-state index contributed by atoms with van der Waals surface area (Å²) in [5, 5.41) is 1.55. The van der Waals surface area contributed by atoms with Crippen molar-refractivity contribution in [1.82, 2.24) is 4.90 Å². The fourth-order valence-electron chi connectivity index (χ4n) is 5.28. The van der Waals surface area contributed by atoms with E-state index < -0.39 is 0 Å². The number of fused-ring (bicyclic) bond motifs is 1. The molecule has 3 aliphatic rings. The molecule has 2 heterocycles. The average molecular weight is 352 g/mol. The number of rotatable bonds is 4. The van der Waals surface area contributed by atoms with Gasteiger partial charge in [0.25, 0.3) is 0 Å². The summed E-state index contributed by atoms with van der Waals surface area (Å²) in [6.45, 7) is 2.63. The Bertz CT molecular complexity index is 561. The smallest absolute Gasteiger partial charge is 0.0814 e. The van der Waals surface area contributed by atoms with Crippen molar-refractivity contribution < 1.29 is 0 Å². The van der Waals surface area contributed by atoms with Crippen molar-refractivity contribution in [2.24, 2.45) is 11.8 Å². The number of nitrogens with zero attached hydrogens (tertiary/aromatic N) is 1. The minimum absolute atomic E-state index is 0.832. The minimum atomic E-state index is 0.832. The van der Waals surface area contributed by atoms with E-state index in [1.54, 1.807) is 5.19 Å². The molecular weight excluding hydrogens is 318 g/mol. The van der Waals surface area contributed by atoms with Crippen LogP contribution >= 0.6 is 0 Å². The third-order valence-corrected chi connectivity index (χ3v) is 8.03. The molecule has 0 amide bonds. The monoisotopic (exact) mass is 351 g/mol. The van der Waals surface area contributed by atoms with Gasteiger partial charge in [0.2, 0.25) is 0 Å². The molecule has 2 atom stereocenters. The van der Waals surface area contributed by atoms with Gasteiger partial charge < -0.3 is 0 Å². The Morgan fingerprint density at radius 2 is 1.68 bits per heavy atom. The number of hydrogen-bond acceptors (Lipinski definition) is 1. The number of allylic oxidation sites excluding steroid dienone is 1. The van der Waals surface area contributed by atoms with Crippen molar-refractivity contribution in [2.45, 2.75) is 69.9 Å². The van der Waals surface area contributed by atoms with Crippen LogP contribution in [0.2, 0.25) is 6.04 Å². The summed E-state index contributed by atoms with van der Waals surface area (Å²) in [6.07, 6.45) is 15.8. The largest absolute Gasteiger partial charge is 0.296 e. The molecule has 1 nitrogen and oxygen atoms in total. The van der Waals surface area contributed by atoms with Gasteiger partial charge in [-0.25, -0.2) is 0 Å². The van der Waals surface area contributed by atoms with Gasteiger partial charge in [-0.05, 0) is 50.1 Å². The third kappa shape index (κ3) is 4.46. The SMILES string of the molecule is C(=C1/CN2CCCCC[C@H]2[C@@H]1C[Si]c1ccccc1)/C1CCCCC1. The second-order valence-corrected chi connectivity index (χ2v) is 9.72. The highest BCUT2D eigenvalue weighted by Crippen LogP contribution is 2.39. The van der Waals surface area contributed by atoms with Crippen molar-refractivity contribution in [2.75, 3.05) is 13.1 Å². The molecule has 1 aromatic rings. The molecule has 134 valence electrons. The molecule has 2 heteroatoms. The van der Waals surface area contributed by atoms with Gasteiger partial charge in [-0.3, -0.25) is 4.90 Å². The van der Waals surface area contributed by atoms with Crippen LogP contribution in [-0.4, -0.2) is 33.6 Å². The standard InChI is InChI=1S/C23H33NSi/c1-4-10-19(11-5-1)16-20-17-24-15-9-3-8-14-23(24)22(20)18-25-21-12-6-2-7-13-21/h2,6-7,12-13,16,19,22-23H,1,3-5,8-11,14-15,17-18H2/b20-16+/t22-,23+/m1/s1. The zero-order chi connectivity index (χ0) is 16.9. The first-order chi connectivity index (χ1) is 12.4. The second kappa shape index (κ2) is 8.68. The van der Waals surface area contributed by atoms with Gasteiger partial charge in [-0.1, -0.05) is 79.3 Å². The van der Waals surface area contributed by atoms with Crippen LogP contribution < -0.4 is 5.19 Å². The highest BCUT2D eigenvalue weighted by Gasteiger charge is 2.37. The summed E-state index contributed by atoms with van der Waals surface area (Å²) in [5.41, 5.74) is 1.82. The minimum Gasteiger partial charge on any atom is -0.296 e. The van der Waals surface area contributed by atoms with E-state index in [9.17, 15) is 0 Å². The first-order valence-corrected chi connectivity index (χ1v) is 11.8. The molecule has 3 fully saturated rings. The fourth-order valence-corrected chi connectivity index (χ4v) is 6.69. The van der Waals surface area contributed by atoms with E-state index in [-0.39, 0.29) is 0 Å². The molecule has 1 aromatic carbocycles. The summed E-state index contributed by atoms with van der Waals surface area (Å²) in [5.74, 6) is 1.72. The molecule has 4 rings (SSSR count). The summed E-state index contributed by atoms with van der Waals surface area (Å²) in [6, 6.07) is 13.4. The van der Waals surface area contributed by atoms with Crippen LogP contribution in [-0.2, 0) is 0 Å². The molecule has 0 bridgehead atoms. The molecule has 1 saturated carbocycles. The molecule has 0 unspecified atom stereocenters. The molecule has 0 aromatic heterocycles. The van der Waals surface area contributed by atoms with Crippen LogP contribution in [0.1, 0.15) is 57.8 Å². The maximum absolute atomic E-state index is 2.85. The van der Waals surface area contributed by atoms with Crippen molar-refractivity contribution >= 4 is 14.7 Å². The van der Waals surface area contributed by atoms with Gasteiger partial charge in [0, 0.05) is 12.6 Å². The van der Waals surface area contributed by atoms with E-state index in [4.69, 9.17) is 0 Å². The Hall–Kier alpha value is -0.863. The Kier molecular flexibility index (Phi) is 6.09. The van der Waals surface area contributed by atoms with Gasteiger partial charge in [0.1, 0.15) is 0 Å². The van der Waals surface area contributed by atoms with Crippen LogP contribution in [0.3, 0.4) is 0 Å². The summed E-state index contributed by atoms with van der Waals surface area (Å²) in [7, 11) is 0.971. The quantitative estimate of drug-likeness (QED) is 0.555. The first kappa shape index (κ1) is 17.5. The summed E-state index contributed by atoms with van der Waals surface area (Å²) < 4.78 is 0. The van der Waals surface area contributed by atoms with E-state index in [1.807, 2.05) is 5.57 Å². The Balaban J connectivity index is 1.49. The third-order valence-electron chi connectivity index (χ3n) is 6.64. The van der Waals surface area contributed by atoms with Crippen molar-refractivity contribution in [1.29, 1.82) is 0 Å². The van der Waals surface area contributed by atoms with Gasteiger partial charge in [0.15, 0.2) is 0 Å². The predicted octanol–water partition coefficient (Wildman–Crippen LogP) is 4.82. The Morgan fingerprint density at radius 1 is 0.920 bits per heavy atom. The normalized spacial score (nSPS) is 30.3. The van der Waals surface area contributed by atoms with Crippen LogP contribution in [0.5, 0.6) is 0 Å². The Labute approximate surface area is 156 Å². The summed E-state index contributed by atoms with van der Waals surface area (Å²) >= 11 is 0. The van der Waals surface area contributed by atoms with Crippen LogP contribution in [0.15, 0.2) is 42.0 Å². The van der Waals surface area contributed by atoms with Gasteiger partial charge in [-0.2, -0.15) is 0 Å². The van der Waals surface area contributed by atoms with E-state index in [2.05, 4.69) is 41.3 Å². The Morgan fingerprint density at radius 3 is 2.52 bits per heavy atom. The van der Waals surface area contributed by atoms with E-state index in [0.29, 0.717) is 0 Å². The summed E-state index contributed by atoms with van der Waals surface area (Å²) in [4.78, 5) is 2.85. The van der Waals surface area contributed by atoms with Crippen LogP contribution in [0, 0.1) is 11.8 Å². The predicted molar refractivity (Wildman–Crippen MR) is 109 cm³/mol. The lowest BCUT2D eigenvalue weighted by atomic mass is 9.85. The lowest BCUT2D eigenvalue weighted by molar-refractivity contribution is 0.236. The number of benzene rings is 1. The highest BCUT2D eigenvalue weighted by atomic mass is 28.2. The molecular formula is C23H33NSi. The lowest BCUT2D eigenvalue weighted by Gasteiger charge is -2.26. The molecule has 1 aliphatic carbocycles. The fraction of sp³-hybridized carbons (Fsp3) is 0.652. The molecule has 0 spiro atoms. The molecule has 2 radical (unpaired) electrons. The van der Waals surface area contributed by atoms with Gasteiger partial charge >= 0.3 is 0 Å². The molecule has 2 saturated heterocycles. The van der Waals surface area contributed by atoms with Gasteiger partial charge in [0.05, 0.1) is 9.52 Å². The molecule has 2 aliphatic heterocycles. The van der Waals surface area contributed by atoms with Gasteiger partial charge in [-0.15, -0.1) is 0 Å². The van der Waals surface area contributed by atoms with E-state index in [0.717, 1.165) is 27.4 Å². The van der Waals surface area contributed by atoms with Crippen molar-refractivity contribution in [3.05, 3.63) is 42.0 Å². The van der Waals surface area contributed by atoms with Crippen LogP contribution in [0.4, 0.5) is 0 Å². The van der Waals surface area contributed by atoms with Crippen LogP contribution in [0.25, 0.3) is 0 Å². The van der Waals surface area contributed by atoms with Crippen molar-refractivity contribution in [3.63, 3.8) is 0 Å². The zero-order valence-corrected chi connectivity index (χ0v) is 16.6. The highest BCUT2D eigenvalue weighted by molar-refractivity contribution is 6.53. The molecule has 25 heavy (non-hydrogen) atoms. The van der Waals surface area contributed by atoms with E-state index in [1.165, 1.54) is 76.9 Å². The van der Waals surface area contributed by atoms with Crippen molar-refractivity contribution in [3.8, 4) is 0 Å². The maximum atomic E-state index is 2.85.